The number of rotatable bonds is 17. The lowest BCUT2D eigenvalue weighted by atomic mass is 9.84. The Bertz CT molecular complexity index is 2000. The van der Waals surface area contributed by atoms with E-state index in [-0.39, 0.29) is 37.4 Å². The van der Waals surface area contributed by atoms with Crippen LogP contribution in [0.3, 0.4) is 0 Å². The fraction of sp³-hybridized carbons (Fsp3) is 0.581. The summed E-state index contributed by atoms with van der Waals surface area (Å²) < 4.78 is 6.84. The summed E-state index contributed by atoms with van der Waals surface area (Å²) in [7, 11) is 0. The number of nitrogens with one attached hydrogen (secondary N) is 4. The number of ketones is 1. The monoisotopic (exact) mass is 829 g/mol. The number of ether oxygens (including phenoxy) is 1. The van der Waals surface area contributed by atoms with E-state index in [1.807, 2.05) is 30.3 Å². The number of carbonyl (C=O) groups is 6. The van der Waals surface area contributed by atoms with Crippen LogP contribution in [0.2, 0.25) is 0 Å². The number of primary amides is 1. The molecule has 17 heteroatoms. The molecule has 3 aromatic rings. The van der Waals surface area contributed by atoms with E-state index < -0.39 is 59.2 Å². The smallest absolute Gasteiger partial charge is 0.315 e. The van der Waals surface area contributed by atoms with Gasteiger partial charge in [-0.15, -0.1) is 5.10 Å². The van der Waals surface area contributed by atoms with Gasteiger partial charge in [-0.25, -0.2) is 9.48 Å². The number of nitrogens with two attached hydrogens (primary N) is 1. The van der Waals surface area contributed by atoms with Crippen molar-refractivity contribution in [1.82, 2.24) is 41.2 Å². The standard InChI is InChI=1S/C43H59N9O8/c1-43(2,59)36-25-46-50-52(36)32-24-35(40(56)48-33(37(53)38(44)54)14-8-9-19-45-42(58)47-31-17-20-60-21-18-31)51(26-32)41(57)34(22-27-10-4-3-5-11-27)49-39(55)30-16-15-28-12-6-7-13-29(28)23-30/h6-7,12-13,15-16,23,25,27,31-35,59H,3-5,8-11,14,17-22,24,26H2,1-2H3,(H2,44,54)(H,48,56)(H,49,55)(H2,45,47,58)/t32-,33?,34?,35-/m0/s1. The van der Waals surface area contributed by atoms with E-state index in [0.717, 1.165) is 55.7 Å². The van der Waals surface area contributed by atoms with Crippen LogP contribution in [-0.4, -0.2) is 111 Å². The van der Waals surface area contributed by atoms with E-state index in [4.69, 9.17) is 10.5 Å². The van der Waals surface area contributed by atoms with Gasteiger partial charge in [0.1, 0.15) is 17.7 Å². The number of urea groups is 1. The molecule has 7 N–H and O–H groups in total. The van der Waals surface area contributed by atoms with Crippen molar-refractivity contribution in [3.63, 3.8) is 0 Å². The number of Topliss-reactive ketones (excluding diaryl/α,β-unsaturated/α-hetero) is 1. The maximum atomic E-state index is 14.9. The van der Waals surface area contributed by atoms with Crippen LogP contribution >= 0.6 is 0 Å². The molecule has 0 spiro atoms. The molecule has 2 saturated heterocycles. The molecule has 2 aliphatic heterocycles. The zero-order valence-electron chi connectivity index (χ0n) is 34.6. The van der Waals surface area contributed by atoms with Crippen LogP contribution in [0.15, 0.2) is 48.7 Å². The number of hydrogen-bond donors (Lipinski definition) is 6. The van der Waals surface area contributed by atoms with Crippen molar-refractivity contribution >= 4 is 46.2 Å². The average molecular weight is 830 g/mol. The van der Waals surface area contributed by atoms with E-state index >= 15 is 0 Å². The number of fused-ring (bicyclic) bond motifs is 1. The summed E-state index contributed by atoms with van der Waals surface area (Å²) in [6.07, 6.45) is 9.11. The number of carbonyl (C=O) groups excluding carboxylic acids is 6. The Hall–Kier alpha value is -5.42. The fourth-order valence-electron chi connectivity index (χ4n) is 8.65. The summed E-state index contributed by atoms with van der Waals surface area (Å²) in [6.45, 7) is 4.63. The summed E-state index contributed by atoms with van der Waals surface area (Å²) in [5.41, 5.74) is 4.85. The zero-order chi connectivity index (χ0) is 42.8. The van der Waals surface area contributed by atoms with Gasteiger partial charge in [0.2, 0.25) is 17.6 Å². The Morgan fingerprint density at radius 2 is 1.67 bits per heavy atom. The van der Waals surface area contributed by atoms with Crippen LogP contribution in [0.4, 0.5) is 4.79 Å². The lowest BCUT2D eigenvalue weighted by Gasteiger charge is -2.32. The number of nitrogens with zero attached hydrogens (tertiary/aromatic N) is 4. The molecule has 2 aromatic carbocycles. The molecule has 0 bridgehead atoms. The third-order valence-electron chi connectivity index (χ3n) is 12.0. The first kappa shape index (κ1) is 44.1. The summed E-state index contributed by atoms with van der Waals surface area (Å²) >= 11 is 0. The Labute approximate surface area is 349 Å². The van der Waals surface area contributed by atoms with Crippen molar-refractivity contribution in [3.05, 3.63) is 59.9 Å². The van der Waals surface area contributed by atoms with Crippen molar-refractivity contribution in [2.75, 3.05) is 26.3 Å². The number of likely N-dealkylation sites (tertiary alicyclic amines) is 1. The molecule has 324 valence electrons. The number of aliphatic hydroxyl groups is 1. The van der Waals surface area contributed by atoms with Gasteiger partial charge < -0.3 is 41.7 Å². The maximum absolute atomic E-state index is 14.9. The quantitative estimate of drug-likeness (QED) is 0.0859. The Morgan fingerprint density at radius 3 is 2.38 bits per heavy atom. The Balaban J connectivity index is 1.20. The van der Waals surface area contributed by atoms with Crippen LogP contribution in [-0.2, 0) is 29.5 Å². The minimum Gasteiger partial charge on any atom is -0.384 e. The highest BCUT2D eigenvalue weighted by molar-refractivity contribution is 6.37. The van der Waals surface area contributed by atoms with E-state index in [1.165, 1.54) is 15.8 Å². The predicted molar refractivity (Wildman–Crippen MR) is 221 cm³/mol. The molecule has 2 unspecified atom stereocenters. The molecule has 1 aliphatic carbocycles. The molecule has 6 rings (SSSR count). The second-order valence-electron chi connectivity index (χ2n) is 16.9. The zero-order valence-corrected chi connectivity index (χ0v) is 34.6. The van der Waals surface area contributed by atoms with Gasteiger partial charge in [0.15, 0.2) is 0 Å². The van der Waals surface area contributed by atoms with Gasteiger partial charge in [0.05, 0.1) is 24.0 Å². The van der Waals surface area contributed by atoms with E-state index in [1.54, 1.807) is 26.0 Å². The minimum atomic E-state index is -1.35. The lowest BCUT2D eigenvalue weighted by Crippen LogP contribution is -2.56. The van der Waals surface area contributed by atoms with Crippen LogP contribution in [0, 0.1) is 5.92 Å². The largest absolute Gasteiger partial charge is 0.384 e. The van der Waals surface area contributed by atoms with Gasteiger partial charge in [-0.3, -0.25) is 24.0 Å². The summed E-state index contributed by atoms with van der Waals surface area (Å²) in [5, 5.41) is 32.5. The average Bonchev–Trinajstić information content (AvgIpc) is 3.92. The van der Waals surface area contributed by atoms with E-state index in [0.29, 0.717) is 50.3 Å². The van der Waals surface area contributed by atoms with E-state index in [9.17, 15) is 33.9 Å². The molecule has 17 nitrogen and oxygen atoms in total. The molecule has 1 aromatic heterocycles. The molecule has 6 amide bonds. The van der Waals surface area contributed by atoms with Gasteiger partial charge >= 0.3 is 6.03 Å². The lowest BCUT2D eigenvalue weighted by molar-refractivity contribution is -0.142. The number of benzene rings is 2. The first-order valence-electron chi connectivity index (χ1n) is 21.3. The van der Waals surface area contributed by atoms with Gasteiger partial charge in [-0.05, 0) is 81.2 Å². The van der Waals surface area contributed by atoms with Gasteiger partial charge in [0, 0.05) is 44.3 Å². The first-order valence-corrected chi connectivity index (χ1v) is 21.3. The van der Waals surface area contributed by atoms with Crippen LogP contribution in [0.1, 0.15) is 113 Å². The molecule has 3 fully saturated rings. The van der Waals surface area contributed by atoms with E-state index in [2.05, 4.69) is 31.6 Å². The second-order valence-corrected chi connectivity index (χ2v) is 16.9. The number of aromatic nitrogens is 3. The molecule has 60 heavy (non-hydrogen) atoms. The Kier molecular flexibility index (Phi) is 14.9. The molecule has 1 saturated carbocycles. The van der Waals surface area contributed by atoms with Crippen molar-refractivity contribution in [2.45, 2.75) is 127 Å². The van der Waals surface area contributed by atoms with Crippen molar-refractivity contribution in [2.24, 2.45) is 11.7 Å². The second kappa shape index (κ2) is 20.2. The number of unbranched alkanes of at least 4 members (excludes halogenated alkanes) is 1. The highest BCUT2D eigenvalue weighted by atomic mass is 16.5. The fourth-order valence-corrected chi connectivity index (χ4v) is 8.65. The molecular weight excluding hydrogens is 771 g/mol. The predicted octanol–water partition coefficient (Wildman–Crippen LogP) is 2.76. The summed E-state index contributed by atoms with van der Waals surface area (Å²) in [5.74, 6) is -3.60. The SMILES string of the molecule is CC(C)(O)c1cnnn1[C@H]1C[C@@H](C(=O)NC(CCCCNC(=O)NC2CCOCC2)C(=O)C(N)=O)N(C(=O)C(CC2CCCCC2)NC(=O)c2ccc3ccccc3c2)C1. The van der Waals surface area contributed by atoms with Gasteiger partial charge in [0.25, 0.3) is 11.8 Å². The normalized spacial score (nSPS) is 19.9. The third kappa shape index (κ3) is 11.4. The highest BCUT2D eigenvalue weighted by Gasteiger charge is 2.45. The number of amides is 6. The third-order valence-corrected chi connectivity index (χ3v) is 12.0. The van der Waals surface area contributed by atoms with Crippen LogP contribution < -0.4 is 27.0 Å². The molecular formula is C43H59N9O8. The van der Waals surface area contributed by atoms with Gasteiger partial charge in [-0.2, -0.15) is 0 Å². The molecule has 3 heterocycles. The first-order chi connectivity index (χ1) is 28.8. The molecule has 3 aliphatic rings. The van der Waals surface area contributed by atoms with Crippen molar-refractivity contribution in [3.8, 4) is 0 Å². The van der Waals surface area contributed by atoms with Crippen molar-refractivity contribution < 1.29 is 38.6 Å². The number of hydrogen-bond acceptors (Lipinski definition) is 10. The maximum Gasteiger partial charge on any atom is 0.315 e. The minimum absolute atomic E-state index is 0.00752. The Morgan fingerprint density at radius 1 is 0.933 bits per heavy atom. The summed E-state index contributed by atoms with van der Waals surface area (Å²) in [6, 6.07) is 8.74. The van der Waals surface area contributed by atoms with Gasteiger partial charge in [-0.1, -0.05) is 67.6 Å². The van der Waals surface area contributed by atoms with Crippen LogP contribution in [0.5, 0.6) is 0 Å². The van der Waals surface area contributed by atoms with Crippen LogP contribution in [0.25, 0.3) is 10.8 Å². The molecule has 0 radical (unpaired) electrons. The molecule has 4 atom stereocenters. The summed E-state index contributed by atoms with van der Waals surface area (Å²) in [4.78, 5) is 82.3. The highest BCUT2D eigenvalue weighted by Crippen LogP contribution is 2.34. The topological polar surface area (TPSA) is 240 Å². The van der Waals surface area contributed by atoms with Crippen molar-refractivity contribution in [1.29, 1.82) is 0 Å².